The molecule has 1 amide bonds. The fraction of sp³-hybridized carbons (Fsp3) is 0.562. The number of carbonyl (C=O) groups is 1. The van der Waals surface area contributed by atoms with Crippen LogP contribution in [0.15, 0.2) is 29.2 Å². The SMILES string of the molecule is CNC(=O)c1ccc(S(=O)(=O)N2CCC(OCCCN)CC2)cc1. The smallest absolute Gasteiger partial charge is 0.251 e. The number of rotatable bonds is 7. The van der Waals surface area contributed by atoms with Crippen LogP contribution in [-0.2, 0) is 14.8 Å². The average Bonchev–Trinajstić information content (AvgIpc) is 2.62. The molecule has 7 nitrogen and oxygen atoms in total. The van der Waals surface area contributed by atoms with E-state index in [4.69, 9.17) is 10.5 Å². The Morgan fingerprint density at radius 3 is 2.46 bits per heavy atom. The molecule has 0 saturated carbocycles. The predicted octanol–water partition coefficient (Wildman–Crippen LogP) is 0.565. The zero-order chi connectivity index (χ0) is 17.6. The minimum Gasteiger partial charge on any atom is -0.378 e. The van der Waals surface area contributed by atoms with Crippen LogP contribution in [0.3, 0.4) is 0 Å². The van der Waals surface area contributed by atoms with Gasteiger partial charge < -0.3 is 15.8 Å². The summed E-state index contributed by atoms with van der Waals surface area (Å²) in [6.45, 7) is 2.09. The van der Waals surface area contributed by atoms with E-state index in [0.717, 1.165) is 6.42 Å². The van der Waals surface area contributed by atoms with Gasteiger partial charge in [0.2, 0.25) is 10.0 Å². The topological polar surface area (TPSA) is 102 Å². The van der Waals surface area contributed by atoms with Crippen molar-refractivity contribution in [3.8, 4) is 0 Å². The molecule has 3 N–H and O–H groups in total. The highest BCUT2D eigenvalue weighted by molar-refractivity contribution is 7.89. The molecule has 0 aliphatic carbocycles. The van der Waals surface area contributed by atoms with Crippen molar-refractivity contribution in [2.75, 3.05) is 33.3 Å². The van der Waals surface area contributed by atoms with Crippen molar-refractivity contribution in [2.24, 2.45) is 5.73 Å². The molecule has 0 radical (unpaired) electrons. The molecular formula is C16H25N3O4S. The van der Waals surface area contributed by atoms with Gasteiger partial charge in [-0.1, -0.05) is 0 Å². The van der Waals surface area contributed by atoms with E-state index in [-0.39, 0.29) is 16.9 Å². The molecule has 1 aliphatic rings. The molecule has 1 fully saturated rings. The second-order valence-corrected chi connectivity index (χ2v) is 7.66. The van der Waals surface area contributed by atoms with Crippen LogP contribution in [0.5, 0.6) is 0 Å². The standard InChI is InChI=1S/C16H25N3O4S/c1-18-16(20)13-3-5-15(6-4-13)24(21,22)19-10-7-14(8-11-19)23-12-2-9-17/h3-6,14H,2,7-12,17H2,1H3,(H,18,20). The first-order valence-corrected chi connectivity index (χ1v) is 9.57. The van der Waals surface area contributed by atoms with Crippen molar-refractivity contribution in [1.29, 1.82) is 0 Å². The number of amides is 1. The van der Waals surface area contributed by atoms with Crippen LogP contribution >= 0.6 is 0 Å². The summed E-state index contributed by atoms with van der Waals surface area (Å²) in [6, 6.07) is 6.00. The van der Waals surface area contributed by atoms with Crippen molar-refractivity contribution in [3.05, 3.63) is 29.8 Å². The second-order valence-electron chi connectivity index (χ2n) is 5.72. The van der Waals surface area contributed by atoms with Gasteiger partial charge in [0.05, 0.1) is 11.0 Å². The number of benzene rings is 1. The normalized spacial score (nSPS) is 16.9. The fourth-order valence-corrected chi connectivity index (χ4v) is 4.11. The Bertz CT molecular complexity index is 638. The van der Waals surface area contributed by atoms with Crippen LogP contribution in [-0.4, -0.2) is 58.0 Å². The third-order valence-electron chi connectivity index (χ3n) is 4.08. The molecule has 1 heterocycles. The number of nitrogens with two attached hydrogens (primary N) is 1. The van der Waals surface area contributed by atoms with E-state index in [1.807, 2.05) is 0 Å². The quantitative estimate of drug-likeness (QED) is 0.696. The third-order valence-corrected chi connectivity index (χ3v) is 6.00. The Balaban J connectivity index is 1.97. The Morgan fingerprint density at radius 2 is 1.92 bits per heavy atom. The van der Waals surface area contributed by atoms with Crippen LogP contribution in [0, 0.1) is 0 Å². The summed E-state index contributed by atoms with van der Waals surface area (Å²) in [5, 5.41) is 2.51. The van der Waals surface area contributed by atoms with E-state index in [9.17, 15) is 13.2 Å². The Labute approximate surface area is 143 Å². The monoisotopic (exact) mass is 355 g/mol. The van der Waals surface area contributed by atoms with Gasteiger partial charge in [-0.15, -0.1) is 0 Å². The van der Waals surface area contributed by atoms with Crippen molar-refractivity contribution in [1.82, 2.24) is 9.62 Å². The van der Waals surface area contributed by atoms with Gasteiger partial charge in [-0.05, 0) is 50.1 Å². The number of hydrogen-bond donors (Lipinski definition) is 2. The van der Waals surface area contributed by atoms with E-state index < -0.39 is 10.0 Å². The van der Waals surface area contributed by atoms with Gasteiger partial charge in [-0.2, -0.15) is 4.31 Å². The van der Waals surface area contributed by atoms with Gasteiger partial charge in [0.15, 0.2) is 0 Å². The second kappa shape index (κ2) is 8.57. The maximum absolute atomic E-state index is 12.7. The Kier molecular flexibility index (Phi) is 6.73. The summed E-state index contributed by atoms with van der Waals surface area (Å²) < 4.78 is 32.5. The lowest BCUT2D eigenvalue weighted by Crippen LogP contribution is -2.41. The highest BCUT2D eigenvalue weighted by Gasteiger charge is 2.29. The van der Waals surface area contributed by atoms with E-state index in [0.29, 0.717) is 44.6 Å². The van der Waals surface area contributed by atoms with E-state index in [1.165, 1.54) is 35.6 Å². The summed E-state index contributed by atoms with van der Waals surface area (Å²) in [5.41, 5.74) is 5.87. The molecule has 134 valence electrons. The lowest BCUT2D eigenvalue weighted by molar-refractivity contribution is 0.0209. The van der Waals surface area contributed by atoms with Crippen molar-refractivity contribution < 1.29 is 17.9 Å². The number of nitrogens with zero attached hydrogens (tertiary/aromatic N) is 1. The molecular weight excluding hydrogens is 330 g/mol. The molecule has 2 rings (SSSR count). The number of carbonyl (C=O) groups excluding carboxylic acids is 1. The fourth-order valence-electron chi connectivity index (χ4n) is 2.64. The zero-order valence-electron chi connectivity index (χ0n) is 13.9. The van der Waals surface area contributed by atoms with Gasteiger partial charge in [0.1, 0.15) is 0 Å². The highest BCUT2D eigenvalue weighted by atomic mass is 32.2. The Hall–Kier alpha value is -1.48. The molecule has 1 aromatic carbocycles. The van der Waals surface area contributed by atoms with Crippen molar-refractivity contribution >= 4 is 15.9 Å². The third kappa shape index (κ3) is 4.54. The van der Waals surface area contributed by atoms with Gasteiger partial charge >= 0.3 is 0 Å². The molecule has 1 saturated heterocycles. The van der Waals surface area contributed by atoms with Gasteiger partial charge in [0, 0.05) is 32.3 Å². The first-order valence-electron chi connectivity index (χ1n) is 8.13. The lowest BCUT2D eigenvalue weighted by Gasteiger charge is -2.31. The summed E-state index contributed by atoms with van der Waals surface area (Å²) in [7, 11) is -2.00. The summed E-state index contributed by atoms with van der Waals surface area (Å²) in [6.07, 6.45) is 2.27. The molecule has 8 heteroatoms. The van der Waals surface area contributed by atoms with Crippen LogP contribution in [0.1, 0.15) is 29.6 Å². The number of piperidine rings is 1. The lowest BCUT2D eigenvalue weighted by atomic mass is 10.1. The molecule has 0 unspecified atom stereocenters. The summed E-state index contributed by atoms with van der Waals surface area (Å²) in [5.74, 6) is -0.241. The van der Waals surface area contributed by atoms with E-state index in [1.54, 1.807) is 0 Å². The van der Waals surface area contributed by atoms with Crippen LogP contribution in [0.4, 0.5) is 0 Å². The molecule has 0 aromatic heterocycles. The van der Waals surface area contributed by atoms with Crippen LogP contribution in [0.2, 0.25) is 0 Å². The number of nitrogens with one attached hydrogen (secondary N) is 1. The maximum Gasteiger partial charge on any atom is 0.251 e. The average molecular weight is 355 g/mol. The predicted molar refractivity (Wildman–Crippen MR) is 91.2 cm³/mol. The summed E-state index contributed by atoms with van der Waals surface area (Å²) in [4.78, 5) is 11.7. The molecule has 0 spiro atoms. The maximum atomic E-state index is 12.7. The highest BCUT2D eigenvalue weighted by Crippen LogP contribution is 2.22. The summed E-state index contributed by atoms with van der Waals surface area (Å²) >= 11 is 0. The number of sulfonamides is 1. The van der Waals surface area contributed by atoms with Gasteiger partial charge in [-0.25, -0.2) is 8.42 Å². The number of hydrogen-bond acceptors (Lipinski definition) is 5. The Morgan fingerprint density at radius 1 is 1.29 bits per heavy atom. The molecule has 0 bridgehead atoms. The largest absolute Gasteiger partial charge is 0.378 e. The minimum atomic E-state index is -3.53. The first-order chi connectivity index (χ1) is 11.5. The first kappa shape index (κ1) is 18.9. The minimum absolute atomic E-state index is 0.0960. The van der Waals surface area contributed by atoms with Gasteiger partial charge in [-0.3, -0.25) is 4.79 Å². The van der Waals surface area contributed by atoms with E-state index >= 15 is 0 Å². The molecule has 1 aliphatic heterocycles. The van der Waals surface area contributed by atoms with Crippen LogP contribution in [0.25, 0.3) is 0 Å². The van der Waals surface area contributed by atoms with Crippen molar-refractivity contribution in [2.45, 2.75) is 30.3 Å². The van der Waals surface area contributed by atoms with Crippen LogP contribution < -0.4 is 11.1 Å². The van der Waals surface area contributed by atoms with E-state index in [2.05, 4.69) is 5.32 Å². The molecule has 0 atom stereocenters. The molecule has 24 heavy (non-hydrogen) atoms. The van der Waals surface area contributed by atoms with Gasteiger partial charge in [0.25, 0.3) is 5.91 Å². The van der Waals surface area contributed by atoms with Crippen molar-refractivity contribution in [3.63, 3.8) is 0 Å². The molecule has 1 aromatic rings. The number of ether oxygens (including phenoxy) is 1. The zero-order valence-corrected chi connectivity index (χ0v) is 14.7.